The Morgan fingerprint density at radius 2 is 2.00 bits per heavy atom. The van der Waals surface area contributed by atoms with E-state index in [9.17, 15) is 8.42 Å². The summed E-state index contributed by atoms with van der Waals surface area (Å²) in [5.74, 6) is 0. The summed E-state index contributed by atoms with van der Waals surface area (Å²) in [7, 11) is -3.70. The predicted molar refractivity (Wildman–Crippen MR) is 83.9 cm³/mol. The van der Waals surface area contributed by atoms with Crippen LogP contribution in [0, 0.1) is 6.92 Å². The Bertz CT molecular complexity index is 726. The van der Waals surface area contributed by atoms with Gasteiger partial charge in [0.25, 0.3) is 0 Å². The molecule has 0 aliphatic rings. The lowest BCUT2D eigenvalue weighted by Gasteiger charge is -2.16. The van der Waals surface area contributed by atoms with Gasteiger partial charge in [0.2, 0.25) is 10.0 Å². The van der Waals surface area contributed by atoms with Crippen LogP contribution in [-0.2, 0) is 10.0 Å². The second-order valence-corrected chi connectivity index (χ2v) is 7.84. The van der Waals surface area contributed by atoms with Crippen molar-refractivity contribution in [3.63, 3.8) is 0 Å². The smallest absolute Gasteiger partial charge is 0.238 e. The van der Waals surface area contributed by atoms with Crippen molar-refractivity contribution in [1.29, 1.82) is 0 Å². The van der Waals surface area contributed by atoms with Crippen LogP contribution in [0.1, 0.15) is 23.4 Å². The highest BCUT2D eigenvalue weighted by Gasteiger charge is 2.13. The van der Waals surface area contributed by atoms with Crippen LogP contribution in [0.25, 0.3) is 0 Å². The fourth-order valence-corrected chi connectivity index (χ4v) is 3.40. The summed E-state index contributed by atoms with van der Waals surface area (Å²) in [6.07, 6.45) is 0. The Morgan fingerprint density at radius 1 is 1.30 bits per heavy atom. The minimum Gasteiger partial charge on any atom is -0.377 e. The Morgan fingerprint density at radius 3 is 2.55 bits per heavy atom. The zero-order valence-corrected chi connectivity index (χ0v) is 13.4. The highest BCUT2D eigenvalue weighted by atomic mass is 35.5. The van der Waals surface area contributed by atoms with Crippen molar-refractivity contribution in [2.75, 3.05) is 5.32 Å². The Balaban J connectivity index is 2.29. The van der Waals surface area contributed by atoms with Crippen molar-refractivity contribution in [3.05, 3.63) is 45.1 Å². The van der Waals surface area contributed by atoms with Crippen LogP contribution < -0.4 is 10.5 Å². The number of nitrogens with one attached hydrogen (secondary N) is 1. The fraction of sp³-hybridized carbons (Fsp3) is 0.231. The molecule has 2 aromatic rings. The van der Waals surface area contributed by atoms with E-state index in [4.69, 9.17) is 16.7 Å². The quantitative estimate of drug-likeness (QED) is 0.900. The summed E-state index contributed by atoms with van der Waals surface area (Å²) in [5.41, 5.74) is 1.69. The molecular weight excluding hydrogens is 316 g/mol. The maximum atomic E-state index is 11.4. The predicted octanol–water partition coefficient (Wildman–Crippen LogP) is 3.53. The molecule has 1 aromatic heterocycles. The van der Waals surface area contributed by atoms with Gasteiger partial charge in [0.15, 0.2) is 0 Å². The molecule has 0 aliphatic carbocycles. The van der Waals surface area contributed by atoms with Crippen LogP contribution in [0.2, 0.25) is 4.34 Å². The second kappa shape index (κ2) is 5.73. The SMILES string of the molecule is Cc1ccc(S(N)(=O)=O)cc1NC(C)c1ccc(Cl)s1. The van der Waals surface area contributed by atoms with Crippen LogP contribution in [0.4, 0.5) is 5.69 Å². The van der Waals surface area contributed by atoms with Gasteiger partial charge in [-0.05, 0) is 43.7 Å². The summed E-state index contributed by atoms with van der Waals surface area (Å²) in [4.78, 5) is 1.18. The van der Waals surface area contributed by atoms with Gasteiger partial charge in [-0.3, -0.25) is 0 Å². The monoisotopic (exact) mass is 330 g/mol. The van der Waals surface area contributed by atoms with Gasteiger partial charge in [0.05, 0.1) is 15.3 Å². The molecule has 0 spiro atoms. The van der Waals surface area contributed by atoms with Crippen molar-refractivity contribution in [1.82, 2.24) is 0 Å². The average molecular weight is 331 g/mol. The molecule has 0 aliphatic heterocycles. The lowest BCUT2D eigenvalue weighted by Crippen LogP contribution is -2.13. The van der Waals surface area contributed by atoms with E-state index < -0.39 is 10.0 Å². The van der Waals surface area contributed by atoms with E-state index in [2.05, 4.69) is 5.32 Å². The van der Waals surface area contributed by atoms with Gasteiger partial charge in [-0.15, -0.1) is 11.3 Å². The first-order chi connectivity index (χ1) is 9.27. The summed E-state index contributed by atoms with van der Waals surface area (Å²) in [6.45, 7) is 3.90. The van der Waals surface area contributed by atoms with E-state index >= 15 is 0 Å². The first-order valence-electron chi connectivity index (χ1n) is 5.92. The summed E-state index contributed by atoms with van der Waals surface area (Å²) in [6, 6.07) is 8.60. The van der Waals surface area contributed by atoms with Crippen molar-refractivity contribution < 1.29 is 8.42 Å². The number of nitrogens with two attached hydrogens (primary N) is 1. The maximum Gasteiger partial charge on any atom is 0.238 e. The standard InChI is InChI=1S/C13H15ClN2O2S2/c1-8-3-4-10(20(15,17)18)7-11(8)16-9(2)12-5-6-13(14)19-12/h3-7,9,16H,1-2H3,(H2,15,17,18). The second-order valence-electron chi connectivity index (χ2n) is 4.53. The lowest BCUT2D eigenvalue weighted by molar-refractivity contribution is 0.598. The zero-order valence-electron chi connectivity index (χ0n) is 11.1. The van der Waals surface area contributed by atoms with Gasteiger partial charge in [-0.25, -0.2) is 13.6 Å². The van der Waals surface area contributed by atoms with Gasteiger partial charge in [0, 0.05) is 10.6 Å². The van der Waals surface area contributed by atoms with Crippen molar-refractivity contribution >= 4 is 38.6 Å². The van der Waals surface area contributed by atoms with E-state index in [1.165, 1.54) is 17.4 Å². The third-order valence-electron chi connectivity index (χ3n) is 2.93. The molecule has 1 aromatic carbocycles. The average Bonchev–Trinajstić information content (AvgIpc) is 2.77. The molecule has 1 atom stereocenters. The van der Waals surface area contributed by atoms with Crippen molar-refractivity contribution in [2.24, 2.45) is 5.14 Å². The molecular formula is C13H15ClN2O2S2. The summed E-state index contributed by atoms with van der Waals surface area (Å²) in [5, 5.41) is 8.43. The van der Waals surface area contributed by atoms with Gasteiger partial charge < -0.3 is 5.32 Å². The number of rotatable bonds is 4. The Labute approximate surface area is 127 Å². The molecule has 0 saturated heterocycles. The first kappa shape index (κ1) is 15.3. The summed E-state index contributed by atoms with van der Waals surface area (Å²) < 4.78 is 23.5. The number of halogens is 1. The summed E-state index contributed by atoms with van der Waals surface area (Å²) >= 11 is 7.41. The van der Waals surface area contributed by atoms with E-state index in [0.29, 0.717) is 0 Å². The molecule has 20 heavy (non-hydrogen) atoms. The van der Waals surface area contributed by atoms with Gasteiger partial charge in [-0.2, -0.15) is 0 Å². The van der Waals surface area contributed by atoms with Crippen LogP contribution in [0.3, 0.4) is 0 Å². The van der Waals surface area contributed by atoms with E-state index in [1.807, 2.05) is 26.0 Å². The molecule has 7 heteroatoms. The van der Waals surface area contributed by atoms with Crippen molar-refractivity contribution in [2.45, 2.75) is 24.8 Å². The highest BCUT2D eigenvalue weighted by Crippen LogP contribution is 2.30. The normalized spacial score (nSPS) is 13.2. The molecule has 108 valence electrons. The number of thiophene rings is 1. The van der Waals surface area contributed by atoms with E-state index in [-0.39, 0.29) is 10.9 Å². The molecule has 1 heterocycles. The molecule has 0 fully saturated rings. The van der Waals surface area contributed by atoms with E-state index in [1.54, 1.807) is 12.1 Å². The van der Waals surface area contributed by atoms with Crippen LogP contribution in [0.5, 0.6) is 0 Å². The van der Waals surface area contributed by atoms with E-state index in [0.717, 1.165) is 20.5 Å². The molecule has 1 unspecified atom stereocenters. The minimum atomic E-state index is -3.70. The number of aryl methyl sites for hydroxylation is 1. The van der Waals surface area contributed by atoms with Crippen LogP contribution >= 0.6 is 22.9 Å². The molecule has 0 saturated carbocycles. The minimum absolute atomic E-state index is 0.0296. The fourth-order valence-electron chi connectivity index (χ4n) is 1.80. The van der Waals surface area contributed by atoms with Gasteiger partial charge >= 0.3 is 0 Å². The number of primary sulfonamides is 1. The molecule has 0 amide bonds. The van der Waals surface area contributed by atoms with Gasteiger partial charge in [-0.1, -0.05) is 17.7 Å². The topological polar surface area (TPSA) is 72.2 Å². The number of hydrogen-bond acceptors (Lipinski definition) is 4. The van der Waals surface area contributed by atoms with Crippen LogP contribution in [0.15, 0.2) is 35.2 Å². The Kier molecular flexibility index (Phi) is 4.39. The number of sulfonamides is 1. The number of hydrogen-bond donors (Lipinski definition) is 2. The zero-order chi connectivity index (χ0) is 14.9. The third kappa shape index (κ3) is 3.52. The number of benzene rings is 1. The maximum absolute atomic E-state index is 11.4. The first-order valence-corrected chi connectivity index (χ1v) is 8.66. The van der Waals surface area contributed by atoms with Crippen LogP contribution in [-0.4, -0.2) is 8.42 Å². The largest absolute Gasteiger partial charge is 0.377 e. The molecule has 2 rings (SSSR count). The third-order valence-corrected chi connectivity index (χ3v) is 5.26. The Hall–Kier alpha value is -1.08. The van der Waals surface area contributed by atoms with Crippen molar-refractivity contribution in [3.8, 4) is 0 Å². The lowest BCUT2D eigenvalue weighted by atomic mass is 10.1. The highest BCUT2D eigenvalue weighted by molar-refractivity contribution is 7.89. The molecule has 0 radical (unpaired) electrons. The molecule has 4 nitrogen and oxygen atoms in total. The molecule has 3 N–H and O–H groups in total. The number of anilines is 1. The molecule has 0 bridgehead atoms. The van der Waals surface area contributed by atoms with Gasteiger partial charge in [0.1, 0.15) is 0 Å².